The molecule has 3 aromatic carbocycles. The molecule has 0 fully saturated rings. The van der Waals surface area contributed by atoms with Crippen molar-refractivity contribution in [3.05, 3.63) is 88.6 Å². The van der Waals surface area contributed by atoms with E-state index in [0.29, 0.717) is 29.4 Å². The number of aromatic nitrogens is 1. The number of nitrogens with one attached hydrogen (secondary N) is 2. The fraction of sp³-hybridized carbons (Fsp3) is 0.222. The molecule has 0 saturated carbocycles. The molecule has 0 spiro atoms. The molecule has 4 rings (SSSR count). The summed E-state index contributed by atoms with van der Waals surface area (Å²) >= 11 is 6.31. The van der Waals surface area contributed by atoms with Crippen molar-refractivity contribution in [3.8, 4) is 16.9 Å². The van der Waals surface area contributed by atoms with Gasteiger partial charge in [0.1, 0.15) is 5.75 Å². The number of carbonyl (C=O) groups excluding carboxylic acids is 1. The highest BCUT2D eigenvalue weighted by Crippen LogP contribution is 2.30. The molecule has 4 aromatic rings. The fourth-order valence-corrected chi connectivity index (χ4v) is 4.11. The normalized spacial score (nSPS) is 12.0. The molecule has 0 bridgehead atoms. The Hall–Kier alpha value is -3.28. The number of fused-ring (bicyclic) bond motifs is 1. The first-order valence-electron chi connectivity index (χ1n) is 11.0. The SMILES string of the molecule is CCOc1ccc(-c2ccc(C)c(Cl)c2)cc1C(=O)NC(CO)Cc1c[nH]c2ccccc12. The summed E-state index contributed by atoms with van der Waals surface area (Å²) < 4.78 is 5.72. The molecule has 1 atom stereocenters. The summed E-state index contributed by atoms with van der Waals surface area (Å²) in [6, 6.07) is 18.9. The number of hydrogen-bond donors (Lipinski definition) is 3. The van der Waals surface area contributed by atoms with Gasteiger partial charge in [-0.3, -0.25) is 4.79 Å². The molecule has 33 heavy (non-hydrogen) atoms. The van der Waals surface area contributed by atoms with Gasteiger partial charge >= 0.3 is 0 Å². The van der Waals surface area contributed by atoms with Crippen molar-refractivity contribution in [1.82, 2.24) is 10.3 Å². The summed E-state index contributed by atoms with van der Waals surface area (Å²) in [5.74, 6) is 0.207. The highest BCUT2D eigenvalue weighted by Gasteiger charge is 2.19. The van der Waals surface area contributed by atoms with E-state index in [0.717, 1.165) is 33.2 Å². The van der Waals surface area contributed by atoms with Crippen LogP contribution >= 0.6 is 11.6 Å². The van der Waals surface area contributed by atoms with Crippen LogP contribution in [0.5, 0.6) is 5.75 Å². The number of carbonyl (C=O) groups is 1. The fourth-order valence-electron chi connectivity index (χ4n) is 3.93. The topological polar surface area (TPSA) is 74.3 Å². The third kappa shape index (κ3) is 5.05. The van der Waals surface area contributed by atoms with E-state index in [1.54, 1.807) is 12.1 Å². The summed E-state index contributed by atoms with van der Waals surface area (Å²) in [4.78, 5) is 16.5. The Labute approximate surface area is 198 Å². The predicted octanol–water partition coefficient (Wildman–Crippen LogP) is 5.53. The Kier molecular flexibility index (Phi) is 7.02. The van der Waals surface area contributed by atoms with E-state index in [-0.39, 0.29) is 12.5 Å². The number of amides is 1. The maximum atomic E-state index is 13.3. The van der Waals surface area contributed by atoms with Gasteiger partial charge in [0.05, 0.1) is 24.8 Å². The molecule has 0 aliphatic rings. The molecule has 5 nitrogen and oxygen atoms in total. The zero-order valence-electron chi connectivity index (χ0n) is 18.7. The molecule has 170 valence electrons. The number of aliphatic hydroxyl groups excluding tert-OH is 1. The van der Waals surface area contributed by atoms with Gasteiger partial charge in [0.2, 0.25) is 0 Å². The van der Waals surface area contributed by atoms with E-state index in [1.807, 2.05) is 68.6 Å². The van der Waals surface area contributed by atoms with Gasteiger partial charge < -0.3 is 20.1 Å². The smallest absolute Gasteiger partial charge is 0.255 e. The van der Waals surface area contributed by atoms with Gasteiger partial charge in [-0.05, 0) is 66.8 Å². The molecular formula is C27H27ClN2O3. The Bertz CT molecular complexity index is 1280. The molecule has 0 aliphatic carbocycles. The minimum atomic E-state index is -0.441. The Morgan fingerprint density at radius 2 is 1.88 bits per heavy atom. The number of ether oxygens (including phenoxy) is 1. The lowest BCUT2D eigenvalue weighted by Crippen LogP contribution is -2.39. The van der Waals surface area contributed by atoms with E-state index < -0.39 is 6.04 Å². The van der Waals surface area contributed by atoms with Gasteiger partial charge in [-0.15, -0.1) is 0 Å². The van der Waals surface area contributed by atoms with Crippen LogP contribution in [0.15, 0.2) is 66.9 Å². The van der Waals surface area contributed by atoms with Crippen LogP contribution in [0, 0.1) is 6.92 Å². The minimum absolute atomic E-state index is 0.178. The summed E-state index contributed by atoms with van der Waals surface area (Å²) in [6.45, 7) is 4.09. The highest BCUT2D eigenvalue weighted by molar-refractivity contribution is 6.31. The van der Waals surface area contributed by atoms with Gasteiger partial charge in [0.15, 0.2) is 0 Å². The van der Waals surface area contributed by atoms with Crippen LogP contribution in [0.2, 0.25) is 5.02 Å². The van der Waals surface area contributed by atoms with E-state index >= 15 is 0 Å². The Balaban J connectivity index is 1.60. The van der Waals surface area contributed by atoms with Gasteiger partial charge in [-0.2, -0.15) is 0 Å². The Morgan fingerprint density at radius 1 is 1.12 bits per heavy atom. The van der Waals surface area contributed by atoms with Crippen LogP contribution < -0.4 is 10.1 Å². The maximum absolute atomic E-state index is 13.3. The molecule has 1 heterocycles. The molecule has 0 radical (unpaired) electrons. The standard InChI is InChI=1S/C27H27ClN2O3/c1-3-33-26-11-10-18(19-9-8-17(2)24(28)14-19)13-23(26)27(32)30-21(16-31)12-20-15-29-25-7-5-4-6-22(20)25/h4-11,13-15,21,29,31H,3,12,16H2,1-2H3,(H,30,32). The Morgan fingerprint density at radius 3 is 2.64 bits per heavy atom. The van der Waals surface area contributed by atoms with Crippen LogP contribution in [0.25, 0.3) is 22.0 Å². The molecule has 1 aromatic heterocycles. The largest absolute Gasteiger partial charge is 0.493 e. The third-order valence-corrected chi connectivity index (χ3v) is 6.13. The number of aryl methyl sites for hydroxylation is 1. The van der Waals surface area contributed by atoms with Crippen molar-refractivity contribution >= 4 is 28.4 Å². The van der Waals surface area contributed by atoms with Crippen molar-refractivity contribution in [2.24, 2.45) is 0 Å². The van der Waals surface area contributed by atoms with Crippen molar-refractivity contribution in [1.29, 1.82) is 0 Å². The second-order valence-electron chi connectivity index (χ2n) is 8.02. The summed E-state index contributed by atoms with van der Waals surface area (Å²) in [5.41, 5.74) is 5.26. The van der Waals surface area contributed by atoms with Crippen molar-refractivity contribution in [2.75, 3.05) is 13.2 Å². The highest BCUT2D eigenvalue weighted by atomic mass is 35.5. The van der Waals surface area contributed by atoms with Gasteiger partial charge in [0, 0.05) is 22.1 Å². The average molecular weight is 463 g/mol. The van der Waals surface area contributed by atoms with Crippen LogP contribution in [0.4, 0.5) is 0 Å². The number of rotatable bonds is 8. The van der Waals surface area contributed by atoms with Crippen LogP contribution in [-0.2, 0) is 6.42 Å². The molecule has 3 N–H and O–H groups in total. The second-order valence-corrected chi connectivity index (χ2v) is 8.43. The zero-order valence-corrected chi connectivity index (χ0v) is 19.4. The van der Waals surface area contributed by atoms with Crippen molar-refractivity contribution < 1.29 is 14.6 Å². The third-order valence-electron chi connectivity index (χ3n) is 5.73. The molecule has 1 unspecified atom stereocenters. The number of halogens is 1. The van der Waals surface area contributed by atoms with Crippen LogP contribution in [0.1, 0.15) is 28.4 Å². The number of aromatic amines is 1. The maximum Gasteiger partial charge on any atom is 0.255 e. The first kappa shape index (κ1) is 22.9. The second kappa shape index (κ2) is 10.1. The van der Waals surface area contributed by atoms with E-state index in [4.69, 9.17) is 16.3 Å². The van der Waals surface area contributed by atoms with Crippen LogP contribution in [-0.4, -0.2) is 35.3 Å². The molecular weight excluding hydrogens is 436 g/mol. The monoisotopic (exact) mass is 462 g/mol. The van der Waals surface area contributed by atoms with E-state index in [2.05, 4.69) is 10.3 Å². The number of para-hydroxylation sites is 1. The zero-order chi connectivity index (χ0) is 23.4. The lowest BCUT2D eigenvalue weighted by Gasteiger charge is -2.18. The molecule has 6 heteroatoms. The van der Waals surface area contributed by atoms with E-state index in [9.17, 15) is 9.90 Å². The van der Waals surface area contributed by atoms with Gasteiger partial charge in [0.25, 0.3) is 5.91 Å². The molecule has 1 amide bonds. The minimum Gasteiger partial charge on any atom is -0.493 e. The number of hydrogen-bond acceptors (Lipinski definition) is 3. The average Bonchev–Trinajstić information content (AvgIpc) is 3.23. The number of aliphatic hydroxyl groups is 1. The van der Waals surface area contributed by atoms with Gasteiger partial charge in [-0.1, -0.05) is 48.0 Å². The van der Waals surface area contributed by atoms with Gasteiger partial charge in [-0.25, -0.2) is 0 Å². The summed E-state index contributed by atoms with van der Waals surface area (Å²) in [7, 11) is 0. The lowest BCUT2D eigenvalue weighted by atomic mass is 10.00. The number of H-pyrrole nitrogens is 1. The predicted molar refractivity (Wildman–Crippen MR) is 133 cm³/mol. The number of benzene rings is 3. The molecule has 0 aliphatic heterocycles. The summed E-state index contributed by atoms with van der Waals surface area (Å²) in [6.07, 6.45) is 2.43. The van der Waals surface area contributed by atoms with Crippen LogP contribution in [0.3, 0.4) is 0 Å². The first-order chi connectivity index (χ1) is 16.0. The van der Waals surface area contributed by atoms with Crippen molar-refractivity contribution in [2.45, 2.75) is 26.3 Å². The molecule has 0 saturated heterocycles. The quantitative estimate of drug-likeness (QED) is 0.322. The lowest BCUT2D eigenvalue weighted by molar-refractivity contribution is 0.0913. The first-order valence-corrected chi connectivity index (χ1v) is 11.4. The summed E-state index contributed by atoms with van der Waals surface area (Å²) in [5, 5.41) is 14.7. The van der Waals surface area contributed by atoms with Crippen molar-refractivity contribution in [3.63, 3.8) is 0 Å². The van der Waals surface area contributed by atoms with E-state index in [1.165, 1.54) is 0 Å².